The van der Waals surface area contributed by atoms with Crippen LogP contribution in [0.15, 0.2) is 49.6 Å². The zero-order valence-corrected chi connectivity index (χ0v) is 14.4. The number of carbonyl (C=O) groups excluding carboxylic acids is 1. The van der Waals surface area contributed by atoms with Gasteiger partial charge in [0.15, 0.2) is 11.7 Å². The second kappa shape index (κ2) is 8.99. The van der Waals surface area contributed by atoms with E-state index in [0.29, 0.717) is 12.0 Å². The molecule has 1 unspecified atom stereocenters. The quantitative estimate of drug-likeness (QED) is 0.604. The molecule has 1 aromatic rings. The van der Waals surface area contributed by atoms with Crippen molar-refractivity contribution in [2.75, 3.05) is 0 Å². The highest BCUT2D eigenvalue weighted by atomic mass is 16.3. The Kier molecular flexibility index (Phi) is 7.33. The van der Waals surface area contributed by atoms with Crippen molar-refractivity contribution in [3.63, 3.8) is 0 Å². The number of hydrogen-bond acceptors (Lipinski definition) is 2. The number of ketones is 1. The molecule has 3 heteroatoms. The van der Waals surface area contributed by atoms with Gasteiger partial charge in [0.2, 0.25) is 0 Å². The maximum atomic E-state index is 12.5. The lowest BCUT2D eigenvalue weighted by Gasteiger charge is -2.21. The van der Waals surface area contributed by atoms with Crippen LogP contribution in [-0.2, 0) is 6.42 Å². The van der Waals surface area contributed by atoms with Crippen LogP contribution < -0.4 is 0 Å². The number of nitrogens with zero attached hydrogens (tertiary/aromatic N) is 1. The van der Waals surface area contributed by atoms with E-state index in [1.807, 2.05) is 39.0 Å². The zero-order valence-electron chi connectivity index (χ0n) is 14.4. The summed E-state index contributed by atoms with van der Waals surface area (Å²) in [5.41, 5.74) is 2.32. The molecular formula is C20H27NO2. The number of carbonyl (C=O) groups is 1. The Bertz CT molecular complexity index is 632. The van der Waals surface area contributed by atoms with Crippen LogP contribution in [-0.4, -0.2) is 15.5 Å². The van der Waals surface area contributed by atoms with Gasteiger partial charge < -0.3 is 5.11 Å². The van der Waals surface area contributed by atoms with Crippen LogP contribution in [0.4, 0.5) is 0 Å². The van der Waals surface area contributed by atoms with E-state index >= 15 is 0 Å². The summed E-state index contributed by atoms with van der Waals surface area (Å²) in [5, 5.41) is 10.2. The Morgan fingerprint density at radius 1 is 1.43 bits per heavy atom. The van der Waals surface area contributed by atoms with Crippen LogP contribution in [0.1, 0.15) is 49.7 Å². The Hall–Kier alpha value is -2.29. The zero-order chi connectivity index (χ0) is 17.4. The molecule has 1 aromatic heterocycles. The summed E-state index contributed by atoms with van der Waals surface area (Å²) in [6.45, 7) is 13.3. The molecule has 0 saturated carbocycles. The van der Waals surface area contributed by atoms with Gasteiger partial charge in [0.05, 0.1) is 0 Å². The minimum Gasteiger partial charge on any atom is -0.494 e. The highest BCUT2D eigenvalue weighted by Gasteiger charge is 2.31. The van der Waals surface area contributed by atoms with Crippen LogP contribution in [0.2, 0.25) is 0 Å². The molecule has 0 spiro atoms. The van der Waals surface area contributed by atoms with Crippen LogP contribution in [0.25, 0.3) is 5.70 Å². The number of allylic oxidation sites excluding steroid dienone is 6. The molecular weight excluding hydrogens is 286 g/mol. The normalized spacial score (nSPS) is 17.4. The summed E-state index contributed by atoms with van der Waals surface area (Å²) in [5.74, 6) is 0.182. The third-order valence-electron chi connectivity index (χ3n) is 3.78. The number of hydrogen-bond donors (Lipinski definition) is 1. The summed E-state index contributed by atoms with van der Waals surface area (Å²) < 4.78 is 1.74. The first kappa shape index (κ1) is 18.8. The number of Topliss-reactive ketones (excluding diaryl/α,β-unsaturated/α-hetero) is 1. The molecule has 23 heavy (non-hydrogen) atoms. The summed E-state index contributed by atoms with van der Waals surface area (Å²) >= 11 is 0. The van der Waals surface area contributed by atoms with Crippen molar-refractivity contribution in [1.82, 2.24) is 4.57 Å². The molecule has 0 radical (unpaired) electrons. The van der Waals surface area contributed by atoms with Gasteiger partial charge >= 0.3 is 0 Å². The van der Waals surface area contributed by atoms with E-state index in [4.69, 9.17) is 0 Å². The molecule has 3 nitrogen and oxygen atoms in total. The summed E-state index contributed by atoms with van der Waals surface area (Å²) in [6.07, 6.45) is 11.3. The molecule has 1 N–H and O–H groups in total. The highest BCUT2D eigenvalue weighted by molar-refractivity contribution is 6.01. The number of aromatic hydroxyl groups is 1. The van der Waals surface area contributed by atoms with E-state index in [0.717, 1.165) is 24.2 Å². The average Bonchev–Trinajstić information content (AvgIpc) is 2.89. The van der Waals surface area contributed by atoms with Gasteiger partial charge in [0.25, 0.3) is 0 Å². The second-order valence-corrected chi connectivity index (χ2v) is 5.15. The van der Waals surface area contributed by atoms with Gasteiger partial charge in [-0.05, 0) is 38.3 Å². The van der Waals surface area contributed by atoms with Crippen LogP contribution in [0.3, 0.4) is 0 Å². The monoisotopic (exact) mass is 313 g/mol. The first-order valence-electron chi connectivity index (χ1n) is 8.18. The van der Waals surface area contributed by atoms with Gasteiger partial charge in [-0.3, -0.25) is 9.36 Å². The Morgan fingerprint density at radius 3 is 2.70 bits per heavy atom. The van der Waals surface area contributed by atoms with Gasteiger partial charge in [0.1, 0.15) is 0 Å². The molecule has 1 aliphatic carbocycles. The lowest BCUT2D eigenvalue weighted by molar-refractivity contribution is 0.0903. The lowest BCUT2D eigenvalue weighted by atomic mass is 9.84. The minimum absolute atomic E-state index is 0.0150. The van der Waals surface area contributed by atoms with Crippen molar-refractivity contribution in [3.8, 4) is 5.88 Å². The van der Waals surface area contributed by atoms with Gasteiger partial charge in [0, 0.05) is 28.9 Å². The van der Waals surface area contributed by atoms with Crippen LogP contribution in [0, 0.1) is 5.92 Å². The maximum Gasteiger partial charge on any atom is 0.196 e. The minimum atomic E-state index is -0.0150. The SMILES string of the molecule is C=C/C=C(\C=C/C)n1c(O)cc2c1CCC(CC=C)C2=O.CC. The molecule has 0 bridgehead atoms. The summed E-state index contributed by atoms with van der Waals surface area (Å²) in [7, 11) is 0. The van der Waals surface area contributed by atoms with E-state index in [1.165, 1.54) is 0 Å². The molecule has 1 heterocycles. The van der Waals surface area contributed by atoms with Gasteiger partial charge in [-0.15, -0.1) is 6.58 Å². The first-order chi connectivity index (χ1) is 11.1. The van der Waals surface area contributed by atoms with E-state index in [9.17, 15) is 9.90 Å². The van der Waals surface area contributed by atoms with Crippen molar-refractivity contribution < 1.29 is 9.90 Å². The van der Waals surface area contributed by atoms with Crippen molar-refractivity contribution in [2.45, 2.75) is 40.0 Å². The molecule has 124 valence electrons. The smallest absolute Gasteiger partial charge is 0.196 e. The van der Waals surface area contributed by atoms with Crippen LogP contribution >= 0.6 is 0 Å². The van der Waals surface area contributed by atoms with Crippen molar-refractivity contribution >= 4 is 11.5 Å². The van der Waals surface area contributed by atoms with Crippen LogP contribution in [0.5, 0.6) is 5.88 Å². The van der Waals surface area contributed by atoms with E-state index in [2.05, 4.69) is 13.2 Å². The number of rotatable bonds is 5. The van der Waals surface area contributed by atoms with Gasteiger partial charge in [-0.25, -0.2) is 0 Å². The third kappa shape index (κ3) is 3.92. The number of fused-ring (bicyclic) bond motifs is 1. The van der Waals surface area contributed by atoms with Crippen molar-refractivity contribution in [3.05, 3.63) is 60.9 Å². The fraction of sp³-hybridized carbons (Fsp3) is 0.350. The molecule has 0 aliphatic heterocycles. The Balaban J connectivity index is 0.00000127. The largest absolute Gasteiger partial charge is 0.494 e. The average molecular weight is 313 g/mol. The van der Waals surface area contributed by atoms with Gasteiger partial charge in [-0.1, -0.05) is 38.7 Å². The molecule has 1 aliphatic rings. The summed E-state index contributed by atoms with van der Waals surface area (Å²) in [6, 6.07) is 1.58. The van der Waals surface area contributed by atoms with E-state index < -0.39 is 0 Å². The first-order valence-corrected chi connectivity index (χ1v) is 8.18. The predicted molar refractivity (Wildman–Crippen MR) is 97.7 cm³/mol. The molecule has 2 rings (SSSR count). The van der Waals surface area contributed by atoms with E-state index in [1.54, 1.807) is 22.8 Å². The second-order valence-electron chi connectivity index (χ2n) is 5.15. The summed E-state index contributed by atoms with van der Waals surface area (Å²) in [4.78, 5) is 12.5. The fourth-order valence-electron chi connectivity index (χ4n) is 2.87. The van der Waals surface area contributed by atoms with Crippen molar-refractivity contribution in [2.24, 2.45) is 5.92 Å². The lowest BCUT2D eigenvalue weighted by Crippen LogP contribution is -2.22. The van der Waals surface area contributed by atoms with Crippen molar-refractivity contribution in [1.29, 1.82) is 0 Å². The fourth-order valence-corrected chi connectivity index (χ4v) is 2.87. The Labute approximate surface area is 139 Å². The molecule has 0 amide bonds. The molecule has 0 aromatic carbocycles. The van der Waals surface area contributed by atoms with E-state index in [-0.39, 0.29) is 17.6 Å². The topological polar surface area (TPSA) is 42.2 Å². The standard InChI is InChI=1S/C18H21NO2.C2H6/c1-4-7-13-10-11-16-15(18(13)21)12-17(20)19(16)14(8-5-2)9-6-3;1-2/h4-6,8-9,12-13,20H,1-2,7,10-11H2,3H3;1-2H3/b9-6-,14-8+;. The Morgan fingerprint density at radius 2 is 2.13 bits per heavy atom. The molecule has 1 atom stereocenters. The maximum absolute atomic E-state index is 12.5. The predicted octanol–water partition coefficient (Wildman–Crippen LogP) is 5.14. The number of aromatic nitrogens is 1. The molecule has 0 fully saturated rings. The third-order valence-corrected chi connectivity index (χ3v) is 3.78. The molecule has 0 saturated heterocycles. The van der Waals surface area contributed by atoms with Gasteiger partial charge in [-0.2, -0.15) is 0 Å². The highest BCUT2D eigenvalue weighted by Crippen LogP contribution is 2.35.